The molecule has 0 fully saturated rings. The molecule has 0 aliphatic carbocycles. The van der Waals surface area contributed by atoms with Crippen molar-refractivity contribution in [1.29, 1.82) is 0 Å². The van der Waals surface area contributed by atoms with Crippen molar-refractivity contribution in [2.24, 2.45) is 4.99 Å². The fraction of sp³-hybridized carbons (Fsp3) is 0.571. The summed E-state index contributed by atoms with van der Waals surface area (Å²) in [5.41, 5.74) is 2.50. The smallest absolute Gasteiger partial charge is 0.0422 e. The number of hydrogen-bond donors (Lipinski definition) is 0. The summed E-state index contributed by atoms with van der Waals surface area (Å²) in [5, 5.41) is 0. The molecule has 0 aromatic carbocycles. The van der Waals surface area contributed by atoms with E-state index >= 15 is 0 Å². The molecule has 0 unspecified atom stereocenters. The first-order valence-corrected chi connectivity index (χ1v) is 3.15. The summed E-state index contributed by atoms with van der Waals surface area (Å²) in [4.78, 5) is 4.24. The van der Waals surface area contributed by atoms with Gasteiger partial charge in [-0.15, -0.1) is 0 Å². The van der Waals surface area contributed by atoms with Crippen LogP contribution in [-0.4, -0.2) is 5.71 Å². The van der Waals surface area contributed by atoms with Crippen LogP contribution in [0.4, 0.5) is 0 Å². The molecule has 0 aromatic rings. The first-order valence-electron chi connectivity index (χ1n) is 3.15. The van der Waals surface area contributed by atoms with Crippen LogP contribution in [0.25, 0.3) is 0 Å². The summed E-state index contributed by atoms with van der Waals surface area (Å²) >= 11 is 0. The van der Waals surface area contributed by atoms with E-state index in [4.69, 9.17) is 0 Å². The van der Waals surface area contributed by atoms with Gasteiger partial charge in [0.05, 0.1) is 0 Å². The minimum absolute atomic E-state index is 1.09. The minimum Gasteiger partial charge on any atom is -0.258 e. The van der Waals surface area contributed by atoms with Gasteiger partial charge in [0.25, 0.3) is 0 Å². The Bertz CT molecular complexity index is 119. The van der Waals surface area contributed by atoms with E-state index in [1.54, 1.807) is 0 Å². The van der Waals surface area contributed by atoms with Gasteiger partial charge in [0.2, 0.25) is 0 Å². The minimum atomic E-state index is 1.09. The van der Waals surface area contributed by atoms with Gasteiger partial charge in [-0.25, -0.2) is 0 Å². The van der Waals surface area contributed by atoms with Gasteiger partial charge in [-0.3, -0.25) is 4.99 Å². The predicted octanol–water partition coefficient (Wildman–Crippen LogP) is 2.14. The molecule has 0 N–H and O–H groups in total. The Morgan fingerprint density at radius 2 is 2.00 bits per heavy atom. The fourth-order valence-corrected chi connectivity index (χ4v) is 0.737. The number of hydrogen-bond acceptors (Lipinski definition) is 1. The second kappa shape index (κ2) is 2.12. The molecule has 8 heavy (non-hydrogen) atoms. The molecule has 1 rings (SSSR count). The standard InChI is InChI=1S/C7H11N/c1-3-6-5-7(4-2)8-6/h5H,3-4H2,1-2H3. The highest BCUT2D eigenvalue weighted by Crippen LogP contribution is 2.13. The summed E-state index contributed by atoms with van der Waals surface area (Å²) in [6.07, 6.45) is 4.34. The Hall–Kier alpha value is -0.590. The van der Waals surface area contributed by atoms with Crippen molar-refractivity contribution in [3.05, 3.63) is 11.8 Å². The van der Waals surface area contributed by atoms with E-state index in [1.165, 1.54) is 11.4 Å². The highest BCUT2D eigenvalue weighted by atomic mass is 14.8. The monoisotopic (exact) mass is 109 g/mol. The van der Waals surface area contributed by atoms with Gasteiger partial charge in [-0.1, -0.05) is 13.8 Å². The van der Waals surface area contributed by atoms with Crippen molar-refractivity contribution in [1.82, 2.24) is 0 Å². The molecule has 0 amide bonds. The van der Waals surface area contributed by atoms with Gasteiger partial charge in [-0.2, -0.15) is 0 Å². The summed E-state index contributed by atoms with van der Waals surface area (Å²) in [7, 11) is 0. The third-order valence-corrected chi connectivity index (χ3v) is 1.34. The maximum Gasteiger partial charge on any atom is 0.0422 e. The molecule has 0 saturated heterocycles. The van der Waals surface area contributed by atoms with E-state index in [0.717, 1.165) is 12.8 Å². The SMILES string of the molecule is CCC1=CC(CC)=N1. The van der Waals surface area contributed by atoms with E-state index in [9.17, 15) is 0 Å². The van der Waals surface area contributed by atoms with Crippen LogP contribution in [0.2, 0.25) is 0 Å². The molecule has 0 saturated carbocycles. The van der Waals surface area contributed by atoms with Crippen molar-refractivity contribution >= 4 is 5.71 Å². The Labute approximate surface area is 50.1 Å². The van der Waals surface area contributed by atoms with E-state index in [2.05, 4.69) is 24.9 Å². The zero-order chi connectivity index (χ0) is 5.98. The van der Waals surface area contributed by atoms with Crippen LogP contribution in [0.1, 0.15) is 26.7 Å². The Morgan fingerprint density at radius 3 is 2.38 bits per heavy atom. The lowest BCUT2D eigenvalue weighted by Crippen LogP contribution is -2.02. The molecular weight excluding hydrogens is 98.1 g/mol. The molecule has 1 heterocycles. The predicted molar refractivity (Wildman–Crippen MR) is 36.1 cm³/mol. The topological polar surface area (TPSA) is 12.4 Å². The quantitative estimate of drug-likeness (QED) is 0.515. The lowest BCUT2D eigenvalue weighted by molar-refractivity contribution is 1.03. The van der Waals surface area contributed by atoms with Gasteiger partial charge in [0, 0.05) is 11.4 Å². The van der Waals surface area contributed by atoms with E-state index in [-0.39, 0.29) is 0 Å². The molecule has 44 valence electrons. The molecule has 0 aromatic heterocycles. The number of nitrogens with zero attached hydrogens (tertiary/aromatic N) is 1. The molecule has 1 aliphatic heterocycles. The maximum atomic E-state index is 4.24. The normalized spacial score (nSPS) is 16.8. The first kappa shape index (κ1) is 5.54. The molecule has 0 radical (unpaired) electrons. The zero-order valence-electron chi connectivity index (χ0n) is 5.44. The summed E-state index contributed by atoms with van der Waals surface area (Å²) < 4.78 is 0. The molecule has 1 heteroatoms. The van der Waals surface area contributed by atoms with Crippen molar-refractivity contribution in [3.8, 4) is 0 Å². The fourth-order valence-electron chi connectivity index (χ4n) is 0.737. The summed E-state index contributed by atoms with van der Waals surface area (Å²) in [6.45, 7) is 4.25. The average Bonchev–Trinajstić information content (AvgIpc) is 1.65. The van der Waals surface area contributed by atoms with Gasteiger partial charge < -0.3 is 0 Å². The van der Waals surface area contributed by atoms with Crippen molar-refractivity contribution in [3.63, 3.8) is 0 Å². The number of rotatable bonds is 2. The van der Waals surface area contributed by atoms with Gasteiger partial charge in [0.15, 0.2) is 0 Å². The van der Waals surface area contributed by atoms with Gasteiger partial charge in [-0.05, 0) is 18.9 Å². The van der Waals surface area contributed by atoms with Crippen LogP contribution in [0.15, 0.2) is 16.8 Å². The molecule has 0 spiro atoms. The molecule has 1 aliphatic rings. The van der Waals surface area contributed by atoms with Crippen LogP contribution in [0.3, 0.4) is 0 Å². The molecule has 0 bridgehead atoms. The lowest BCUT2D eigenvalue weighted by atomic mass is 10.1. The van der Waals surface area contributed by atoms with Crippen LogP contribution < -0.4 is 0 Å². The Kier molecular flexibility index (Phi) is 1.47. The Morgan fingerprint density at radius 1 is 1.38 bits per heavy atom. The number of aliphatic imine (C=N–C) groups is 1. The van der Waals surface area contributed by atoms with Crippen LogP contribution in [0.5, 0.6) is 0 Å². The van der Waals surface area contributed by atoms with Crippen molar-refractivity contribution in [2.45, 2.75) is 26.7 Å². The lowest BCUT2D eigenvalue weighted by Gasteiger charge is -2.09. The van der Waals surface area contributed by atoms with E-state index < -0.39 is 0 Å². The first-order chi connectivity index (χ1) is 3.86. The third kappa shape index (κ3) is 0.808. The van der Waals surface area contributed by atoms with E-state index in [0.29, 0.717) is 0 Å². The van der Waals surface area contributed by atoms with Crippen molar-refractivity contribution < 1.29 is 0 Å². The van der Waals surface area contributed by atoms with Crippen LogP contribution >= 0.6 is 0 Å². The molecular formula is C7H11N. The molecule has 0 atom stereocenters. The van der Waals surface area contributed by atoms with Crippen LogP contribution in [-0.2, 0) is 0 Å². The highest BCUT2D eigenvalue weighted by molar-refractivity contribution is 6.00. The summed E-state index contributed by atoms with van der Waals surface area (Å²) in [5.74, 6) is 0. The van der Waals surface area contributed by atoms with Crippen LogP contribution in [0, 0.1) is 0 Å². The highest BCUT2D eigenvalue weighted by Gasteiger charge is 2.03. The largest absolute Gasteiger partial charge is 0.258 e. The molecule has 1 nitrogen and oxygen atoms in total. The third-order valence-electron chi connectivity index (χ3n) is 1.34. The van der Waals surface area contributed by atoms with Gasteiger partial charge >= 0.3 is 0 Å². The van der Waals surface area contributed by atoms with Gasteiger partial charge in [0.1, 0.15) is 0 Å². The van der Waals surface area contributed by atoms with E-state index in [1.807, 2.05) is 0 Å². The Balaban J connectivity index is 2.34. The second-order valence-electron chi connectivity index (χ2n) is 1.95. The van der Waals surface area contributed by atoms with Crippen molar-refractivity contribution in [2.75, 3.05) is 0 Å². The zero-order valence-corrected chi connectivity index (χ0v) is 5.44. The number of allylic oxidation sites excluding steroid dienone is 2. The second-order valence-corrected chi connectivity index (χ2v) is 1.95. The maximum absolute atomic E-state index is 4.24. The average molecular weight is 109 g/mol. The summed E-state index contributed by atoms with van der Waals surface area (Å²) in [6, 6.07) is 0.